The maximum atomic E-state index is 14.1. The van der Waals surface area contributed by atoms with Gasteiger partial charge in [-0.05, 0) is 129 Å². The maximum Gasteiger partial charge on any atom is 0.293 e. The van der Waals surface area contributed by atoms with Crippen molar-refractivity contribution in [1.29, 1.82) is 0 Å². The van der Waals surface area contributed by atoms with Crippen molar-refractivity contribution in [1.82, 2.24) is 19.6 Å². The van der Waals surface area contributed by atoms with Gasteiger partial charge in [-0.1, -0.05) is 44.5 Å². The van der Waals surface area contributed by atoms with Crippen LogP contribution >= 0.6 is 0 Å². The van der Waals surface area contributed by atoms with Crippen molar-refractivity contribution in [3.63, 3.8) is 0 Å². The number of aromatic nitrogens is 2. The number of benzene rings is 3. The minimum Gasteiger partial charge on any atom is -0.478 e. The Morgan fingerprint density at radius 1 is 0.985 bits per heavy atom. The Kier molecular flexibility index (Phi) is 12.5. The van der Waals surface area contributed by atoms with E-state index in [-0.39, 0.29) is 40.0 Å². The van der Waals surface area contributed by atoms with Gasteiger partial charge in [0.25, 0.3) is 27.5 Å². The van der Waals surface area contributed by atoms with Crippen molar-refractivity contribution in [3.05, 3.63) is 106 Å². The SMILES string of the molecule is COc1nc2[nH]ccc2cc1Oc1cc(N2CCC3(CC2)CN([C@H]2CCC[C@H]2c2ccccc2C(C)C)C3)ccc1C(=O)NS(=O)(=O)c1ccc(NCC2CCC(C)(O)CC2)c([N+](=O)[O-])c1. The van der Waals surface area contributed by atoms with Crippen LogP contribution in [0.25, 0.3) is 11.0 Å². The smallest absolute Gasteiger partial charge is 0.293 e. The van der Waals surface area contributed by atoms with Gasteiger partial charge in [0.05, 0.1) is 28.1 Å². The molecule has 4 fully saturated rings. The molecule has 2 aromatic heterocycles. The third-order valence-electron chi connectivity index (χ3n) is 14.8. The number of hydrogen-bond acceptors (Lipinski definition) is 12. The van der Waals surface area contributed by atoms with Gasteiger partial charge in [0.15, 0.2) is 5.75 Å². The lowest BCUT2D eigenvalue weighted by atomic mass is 9.70. The minimum atomic E-state index is -4.60. The fourth-order valence-electron chi connectivity index (χ4n) is 11.0. The van der Waals surface area contributed by atoms with E-state index in [0.717, 1.165) is 69.0 Å². The van der Waals surface area contributed by atoms with Gasteiger partial charge < -0.3 is 29.8 Å². The number of fused-ring (bicyclic) bond motifs is 1. The molecular weight excluding hydrogens is 859 g/mol. The number of aromatic amines is 1. The average Bonchev–Trinajstić information content (AvgIpc) is 3.97. The first-order valence-corrected chi connectivity index (χ1v) is 24.8. The zero-order chi connectivity index (χ0) is 46.4. The van der Waals surface area contributed by atoms with Crippen LogP contribution < -0.4 is 24.4 Å². The summed E-state index contributed by atoms with van der Waals surface area (Å²) in [6, 6.07) is 21.8. The lowest BCUT2D eigenvalue weighted by Crippen LogP contribution is -2.63. The summed E-state index contributed by atoms with van der Waals surface area (Å²) in [6.45, 7) is 10.6. The van der Waals surface area contributed by atoms with Gasteiger partial charge in [-0.3, -0.25) is 19.8 Å². The van der Waals surface area contributed by atoms with E-state index in [2.05, 4.69) is 67.9 Å². The molecule has 4 heterocycles. The Bertz CT molecular complexity index is 2710. The number of ether oxygens (including phenoxy) is 2. The molecule has 2 saturated carbocycles. The Hall–Kier alpha value is -5.71. The van der Waals surface area contributed by atoms with Gasteiger partial charge in [0.2, 0.25) is 0 Å². The number of amides is 1. The van der Waals surface area contributed by atoms with Crippen molar-refractivity contribution in [2.24, 2.45) is 11.3 Å². The molecule has 15 nitrogen and oxygen atoms in total. The molecule has 4 aliphatic rings. The molecule has 5 aromatic rings. The van der Waals surface area contributed by atoms with Crippen LogP contribution in [0.4, 0.5) is 17.1 Å². The molecule has 2 aliphatic heterocycles. The molecule has 1 amide bonds. The van der Waals surface area contributed by atoms with Gasteiger partial charge in [-0.2, -0.15) is 4.98 Å². The highest BCUT2D eigenvalue weighted by atomic mass is 32.2. The molecule has 66 heavy (non-hydrogen) atoms. The first-order chi connectivity index (χ1) is 31.6. The topological polar surface area (TPSA) is 192 Å². The number of nitro benzene ring substituents is 1. The summed E-state index contributed by atoms with van der Waals surface area (Å²) < 4.78 is 41.8. The Labute approximate surface area is 386 Å². The summed E-state index contributed by atoms with van der Waals surface area (Å²) in [7, 11) is -3.14. The number of carbonyl (C=O) groups is 1. The lowest BCUT2D eigenvalue weighted by molar-refractivity contribution is -0.384. The number of carbonyl (C=O) groups excluding carboxylic acids is 1. The van der Waals surface area contributed by atoms with Crippen molar-refractivity contribution < 1.29 is 32.7 Å². The second-order valence-electron chi connectivity index (χ2n) is 19.7. The quantitative estimate of drug-likeness (QED) is 0.0611. The van der Waals surface area contributed by atoms with Crippen LogP contribution in [0.1, 0.15) is 112 Å². The van der Waals surface area contributed by atoms with Crippen LogP contribution in [0.5, 0.6) is 17.4 Å². The van der Waals surface area contributed by atoms with E-state index in [1.807, 2.05) is 13.0 Å². The number of hydrogen-bond donors (Lipinski definition) is 4. The second-order valence-corrected chi connectivity index (χ2v) is 21.3. The number of rotatable bonds is 14. The number of aliphatic hydroxyl groups is 1. The fourth-order valence-corrected chi connectivity index (χ4v) is 11.9. The molecule has 4 N–H and O–H groups in total. The van der Waals surface area contributed by atoms with E-state index < -0.39 is 37.0 Å². The van der Waals surface area contributed by atoms with Crippen LogP contribution in [-0.4, -0.2) is 90.7 Å². The highest BCUT2D eigenvalue weighted by Gasteiger charge is 2.49. The van der Waals surface area contributed by atoms with E-state index >= 15 is 0 Å². The molecule has 0 radical (unpaired) electrons. The van der Waals surface area contributed by atoms with E-state index in [1.165, 1.54) is 49.6 Å². The molecule has 0 unspecified atom stereocenters. The summed E-state index contributed by atoms with van der Waals surface area (Å²) >= 11 is 0. The van der Waals surface area contributed by atoms with Gasteiger partial charge in [0.1, 0.15) is 17.1 Å². The fraction of sp³-hybridized carbons (Fsp3) is 0.480. The molecule has 0 bridgehead atoms. The molecular formula is C50H61N7O8S. The lowest BCUT2D eigenvalue weighted by Gasteiger charge is -2.57. The Morgan fingerprint density at radius 3 is 2.47 bits per heavy atom. The molecule has 350 valence electrons. The number of methoxy groups -OCH3 is 1. The summed E-state index contributed by atoms with van der Waals surface area (Å²) in [5, 5.41) is 26.4. The number of pyridine rings is 1. The number of nitrogens with one attached hydrogen (secondary N) is 3. The van der Waals surface area contributed by atoms with Crippen LogP contribution in [0.3, 0.4) is 0 Å². The molecule has 9 rings (SSSR count). The molecule has 3 aromatic carbocycles. The predicted octanol–water partition coefficient (Wildman–Crippen LogP) is 9.11. The van der Waals surface area contributed by atoms with Crippen molar-refractivity contribution in [2.75, 3.05) is 50.1 Å². The monoisotopic (exact) mass is 919 g/mol. The number of nitrogens with zero attached hydrogens (tertiary/aromatic N) is 4. The molecule has 2 aliphatic carbocycles. The highest BCUT2D eigenvalue weighted by Crippen LogP contribution is 2.49. The first kappa shape index (κ1) is 45.4. The van der Waals surface area contributed by atoms with Crippen LogP contribution in [0.2, 0.25) is 0 Å². The van der Waals surface area contributed by atoms with E-state index in [4.69, 9.17) is 9.47 Å². The van der Waals surface area contributed by atoms with Gasteiger partial charge in [0, 0.05) is 68.2 Å². The molecule has 2 saturated heterocycles. The van der Waals surface area contributed by atoms with Crippen LogP contribution in [0, 0.1) is 21.4 Å². The molecule has 2 atom stereocenters. The van der Waals surface area contributed by atoms with Crippen molar-refractivity contribution >= 4 is 44.0 Å². The van der Waals surface area contributed by atoms with Gasteiger partial charge >= 0.3 is 0 Å². The van der Waals surface area contributed by atoms with Crippen LogP contribution in [-0.2, 0) is 10.0 Å². The minimum absolute atomic E-state index is 0.0638. The summed E-state index contributed by atoms with van der Waals surface area (Å²) in [6.07, 6.45) is 10.3. The number of anilines is 2. The first-order valence-electron chi connectivity index (χ1n) is 23.3. The largest absolute Gasteiger partial charge is 0.478 e. The highest BCUT2D eigenvalue weighted by molar-refractivity contribution is 7.90. The van der Waals surface area contributed by atoms with Crippen molar-refractivity contribution in [3.8, 4) is 17.4 Å². The van der Waals surface area contributed by atoms with Gasteiger partial charge in [-0.25, -0.2) is 13.1 Å². The Balaban J connectivity index is 0.918. The number of likely N-dealkylation sites (tertiary alicyclic amines) is 1. The average molecular weight is 920 g/mol. The summed E-state index contributed by atoms with van der Waals surface area (Å²) in [5.41, 5.74) is 3.60. The van der Waals surface area contributed by atoms with E-state index in [0.29, 0.717) is 42.9 Å². The third kappa shape index (κ3) is 9.32. The third-order valence-corrected chi connectivity index (χ3v) is 16.1. The zero-order valence-electron chi connectivity index (χ0n) is 38.2. The van der Waals surface area contributed by atoms with E-state index in [9.17, 15) is 28.4 Å². The van der Waals surface area contributed by atoms with Gasteiger partial charge in [-0.15, -0.1) is 0 Å². The number of nitro groups is 1. The molecule has 16 heteroatoms. The normalized spacial score (nSPS) is 23.2. The summed E-state index contributed by atoms with van der Waals surface area (Å²) in [4.78, 5) is 37.8. The van der Waals surface area contributed by atoms with Crippen molar-refractivity contribution in [2.45, 2.75) is 107 Å². The second kappa shape index (κ2) is 18.2. The zero-order valence-corrected chi connectivity index (χ0v) is 39.0. The Morgan fingerprint density at radius 2 is 1.74 bits per heavy atom. The standard InChI is InChI=1S/C50H61N7O8S/c1-32(2)37-8-5-6-9-38(37)39-10-7-11-42(39)56-30-50(31-56)21-24-55(25-22-50)35-12-14-40(44(27-35)65-45-26-34-18-23-51-46(34)53-48(45)64-4)47(58)54-66(62,63)36-13-15-41(43(28-36)57(60)61)52-29-33-16-19-49(3,59)20-17-33/h5-6,8-9,12-15,18,23,26-28,32-33,39,42,52,59H,7,10-11,16-17,19-22,24-25,29-31H2,1-4H3,(H,51,53)(H,54,58)/t33?,39-,42-,49?/m0/s1. The summed E-state index contributed by atoms with van der Waals surface area (Å²) in [5.74, 6) is 0.767. The maximum absolute atomic E-state index is 14.1. The number of piperidine rings is 1. The number of sulfonamides is 1. The van der Waals surface area contributed by atoms with Crippen LogP contribution in [0.15, 0.2) is 83.9 Å². The predicted molar refractivity (Wildman–Crippen MR) is 254 cm³/mol. The molecule has 1 spiro atoms. The number of H-pyrrole nitrogens is 1. The van der Waals surface area contributed by atoms with E-state index in [1.54, 1.807) is 30.5 Å².